The number of carbonyl (C=O) groups is 2. The number of likely N-dealkylation sites (N-methyl/N-ethyl adjacent to an activating group) is 1. The van der Waals surface area contributed by atoms with E-state index in [1.807, 2.05) is 0 Å². The molecule has 0 saturated heterocycles. The lowest BCUT2D eigenvalue weighted by molar-refractivity contribution is -0.140. The molecule has 0 spiro atoms. The van der Waals surface area contributed by atoms with Gasteiger partial charge in [0.25, 0.3) is 0 Å². The van der Waals surface area contributed by atoms with Crippen LogP contribution in [0.1, 0.15) is 31.4 Å². The van der Waals surface area contributed by atoms with Gasteiger partial charge in [0.2, 0.25) is 21.8 Å². The molecule has 2 amide bonds. The van der Waals surface area contributed by atoms with Crippen LogP contribution in [0.2, 0.25) is 10.0 Å². The Bertz CT molecular complexity index is 1210. The number of alkyl halides is 3. The topological polar surface area (TPSA) is 86.8 Å². The third-order valence-electron chi connectivity index (χ3n) is 5.26. The molecule has 0 fully saturated rings. The first-order chi connectivity index (χ1) is 16.7. The van der Waals surface area contributed by atoms with Crippen molar-refractivity contribution in [1.29, 1.82) is 0 Å². The molecule has 2 aromatic rings. The van der Waals surface area contributed by atoms with E-state index in [2.05, 4.69) is 5.32 Å². The Morgan fingerprint density at radius 3 is 2.22 bits per heavy atom. The van der Waals surface area contributed by atoms with Gasteiger partial charge in [0, 0.05) is 18.1 Å². The molecule has 2 rings (SSSR count). The fraction of sp³-hybridized carbons (Fsp3) is 0.391. The van der Waals surface area contributed by atoms with Crippen LogP contribution in [0.25, 0.3) is 0 Å². The Labute approximate surface area is 218 Å². The zero-order valence-electron chi connectivity index (χ0n) is 19.8. The highest BCUT2D eigenvalue weighted by Gasteiger charge is 2.36. The number of nitrogens with zero attached hydrogens (tertiary/aromatic N) is 2. The standard InChI is InChI=1S/C23H26Cl2F3N3O4S/c1-4-20(22(33)29-5-2)30(13-15-8-6-7-9-18(15)24)21(32)14-31(36(3,34)35)16-10-11-19(25)17(12-16)23(26,27)28/h6-12,20H,4-5,13-14H2,1-3H3,(H,29,33). The molecule has 0 radical (unpaired) electrons. The molecule has 2 aromatic carbocycles. The largest absolute Gasteiger partial charge is 0.417 e. The van der Waals surface area contributed by atoms with Gasteiger partial charge >= 0.3 is 6.18 Å². The molecule has 0 aliphatic heterocycles. The maximum atomic E-state index is 13.5. The van der Waals surface area contributed by atoms with Crippen molar-refractivity contribution >= 4 is 50.7 Å². The molecular formula is C23H26Cl2F3N3O4S. The van der Waals surface area contributed by atoms with Crippen LogP contribution in [0, 0.1) is 0 Å². The average Bonchev–Trinajstić information content (AvgIpc) is 2.77. The first kappa shape index (κ1) is 29.7. The second kappa shape index (κ2) is 12.2. The monoisotopic (exact) mass is 567 g/mol. The Morgan fingerprint density at radius 2 is 1.69 bits per heavy atom. The summed E-state index contributed by atoms with van der Waals surface area (Å²) >= 11 is 11.9. The van der Waals surface area contributed by atoms with Gasteiger partial charge in [-0.2, -0.15) is 13.2 Å². The molecule has 0 aliphatic rings. The van der Waals surface area contributed by atoms with Crippen LogP contribution in [0.4, 0.5) is 18.9 Å². The van der Waals surface area contributed by atoms with Crippen molar-refractivity contribution in [1.82, 2.24) is 10.2 Å². The molecule has 1 N–H and O–H groups in total. The van der Waals surface area contributed by atoms with Crippen molar-refractivity contribution in [2.75, 3.05) is 23.7 Å². The molecule has 0 bridgehead atoms. The summed E-state index contributed by atoms with van der Waals surface area (Å²) in [4.78, 5) is 27.4. The first-order valence-corrected chi connectivity index (χ1v) is 13.5. The normalized spacial score (nSPS) is 12.7. The summed E-state index contributed by atoms with van der Waals surface area (Å²) in [5.74, 6) is -1.26. The minimum Gasteiger partial charge on any atom is -0.355 e. The number of halogens is 5. The quantitative estimate of drug-likeness (QED) is 0.450. The SMILES string of the molecule is CCNC(=O)C(CC)N(Cc1ccccc1Cl)C(=O)CN(c1ccc(Cl)c(C(F)(F)F)c1)S(C)(=O)=O. The molecule has 0 aromatic heterocycles. The van der Waals surface area contributed by atoms with Gasteiger partial charge in [0.15, 0.2) is 0 Å². The Morgan fingerprint density at radius 1 is 1.06 bits per heavy atom. The lowest BCUT2D eigenvalue weighted by Crippen LogP contribution is -2.52. The highest BCUT2D eigenvalue weighted by Crippen LogP contribution is 2.37. The van der Waals surface area contributed by atoms with E-state index >= 15 is 0 Å². The number of amides is 2. The summed E-state index contributed by atoms with van der Waals surface area (Å²) in [6, 6.07) is 8.19. The lowest BCUT2D eigenvalue weighted by atomic mass is 10.1. The predicted molar refractivity (Wildman–Crippen MR) is 133 cm³/mol. The smallest absolute Gasteiger partial charge is 0.355 e. The van der Waals surface area contributed by atoms with Gasteiger partial charge in [-0.15, -0.1) is 0 Å². The van der Waals surface area contributed by atoms with Crippen LogP contribution < -0.4 is 9.62 Å². The number of anilines is 1. The minimum absolute atomic E-state index is 0.125. The van der Waals surface area contributed by atoms with Crippen LogP contribution in [0.15, 0.2) is 42.5 Å². The van der Waals surface area contributed by atoms with E-state index in [1.54, 1.807) is 38.1 Å². The summed E-state index contributed by atoms with van der Waals surface area (Å²) in [6.07, 6.45) is -3.89. The zero-order chi connectivity index (χ0) is 27.3. The van der Waals surface area contributed by atoms with Gasteiger partial charge in [-0.3, -0.25) is 13.9 Å². The fourth-order valence-electron chi connectivity index (χ4n) is 3.52. The number of benzene rings is 2. The summed E-state index contributed by atoms with van der Waals surface area (Å²) < 4.78 is 65.8. The number of nitrogens with one attached hydrogen (secondary N) is 1. The number of sulfonamides is 1. The van der Waals surface area contributed by atoms with Gasteiger partial charge in [0.05, 0.1) is 22.5 Å². The summed E-state index contributed by atoms with van der Waals surface area (Å²) in [5.41, 5.74) is -1.14. The fourth-order valence-corrected chi connectivity index (χ4v) is 4.78. The summed E-state index contributed by atoms with van der Waals surface area (Å²) in [5, 5.41) is 2.35. The first-order valence-electron chi connectivity index (χ1n) is 10.9. The molecule has 0 heterocycles. The molecule has 1 unspecified atom stereocenters. The van der Waals surface area contributed by atoms with E-state index in [0.717, 1.165) is 18.4 Å². The van der Waals surface area contributed by atoms with Gasteiger partial charge in [0.1, 0.15) is 12.6 Å². The number of hydrogen-bond donors (Lipinski definition) is 1. The molecule has 13 heteroatoms. The van der Waals surface area contributed by atoms with E-state index in [9.17, 15) is 31.2 Å². The van der Waals surface area contributed by atoms with E-state index in [-0.39, 0.29) is 13.0 Å². The zero-order valence-corrected chi connectivity index (χ0v) is 22.1. The highest BCUT2D eigenvalue weighted by molar-refractivity contribution is 7.92. The molecule has 1 atom stereocenters. The highest BCUT2D eigenvalue weighted by atomic mass is 35.5. The second-order valence-electron chi connectivity index (χ2n) is 7.86. The van der Waals surface area contributed by atoms with Crippen molar-refractivity contribution in [2.24, 2.45) is 0 Å². The van der Waals surface area contributed by atoms with Crippen LogP contribution >= 0.6 is 23.2 Å². The lowest BCUT2D eigenvalue weighted by Gasteiger charge is -2.33. The summed E-state index contributed by atoms with van der Waals surface area (Å²) in [6.45, 7) is 2.70. The van der Waals surface area contributed by atoms with Crippen LogP contribution in [0.3, 0.4) is 0 Å². The Balaban J connectivity index is 2.53. The average molecular weight is 568 g/mol. The van der Waals surface area contributed by atoms with Gasteiger partial charge < -0.3 is 10.2 Å². The van der Waals surface area contributed by atoms with E-state index in [0.29, 0.717) is 27.5 Å². The van der Waals surface area contributed by atoms with E-state index in [4.69, 9.17) is 23.2 Å². The number of hydrogen-bond acceptors (Lipinski definition) is 4. The second-order valence-corrected chi connectivity index (χ2v) is 10.6. The minimum atomic E-state index is -4.85. The van der Waals surface area contributed by atoms with Crippen molar-refractivity contribution in [3.05, 3.63) is 63.6 Å². The number of rotatable bonds is 10. The molecule has 0 aliphatic carbocycles. The molecular weight excluding hydrogens is 542 g/mol. The predicted octanol–water partition coefficient (Wildman–Crippen LogP) is 4.72. The van der Waals surface area contributed by atoms with E-state index in [1.165, 1.54) is 4.90 Å². The van der Waals surface area contributed by atoms with Crippen molar-refractivity contribution < 1.29 is 31.2 Å². The number of carbonyl (C=O) groups excluding carboxylic acids is 2. The molecule has 0 saturated carbocycles. The Kier molecular flexibility index (Phi) is 10.0. The molecule has 7 nitrogen and oxygen atoms in total. The van der Waals surface area contributed by atoms with Crippen molar-refractivity contribution in [2.45, 2.75) is 39.0 Å². The maximum absolute atomic E-state index is 13.5. The molecule has 36 heavy (non-hydrogen) atoms. The van der Waals surface area contributed by atoms with Crippen LogP contribution in [0.5, 0.6) is 0 Å². The Hall–Kier alpha value is -2.50. The van der Waals surface area contributed by atoms with Crippen molar-refractivity contribution in [3.63, 3.8) is 0 Å². The van der Waals surface area contributed by atoms with Crippen molar-refractivity contribution in [3.8, 4) is 0 Å². The third kappa shape index (κ3) is 7.50. The third-order valence-corrected chi connectivity index (χ3v) is 7.10. The summed E-state index contributed by atoms with van der Waals surface area (Å²) in [7, 11) is -4.22. The van der Waals surface area contributed by atoms with Crippen LogP contribution in [-0.2, 0) is 32.3 Å². The van der Waals surface area contributed by atoms with Gasteiger partial charge in [-0.05, 0) is 43.2 Å². The molecule has 198 valence electrons. The maximum Gasteiger partial charge on any atom is 0.417 e. The van der Waals surface area contributed by atoms with Gasteiger partial charge in [-0.1, -0.05) is 48.3 Å². The van der Waals surface area contributed by atoms with Crippen LogP contribution in [-0.4, -0.2) is 50.5 Å². The van der Waals surface area contributed by atoms with E-state index < -0.39 is 56.9 Å². The van der Waals surface area contributed by atoms with Gasteiger partial charge in [-0.25, -0.2) is 8.42 Å².